The zero-order valence-electron chi connectivity index (χ0n) is 11.4. The van der Waals surface area contributed by atoms with Crippen LogP contribution in [0.1, 0.15) is 18.2 Å². The van der Waals surface area contributed by atoms with Gasteiger partial charge in [0.15, 0.2) is 0 Å². The van der Waals surface area contributed by atoms with E-state index in [4.69, 9.17) is 0 Å². The van der Waals surface area contributed by atoms with Crippen molar-refractivity contribution in [2.24, 2.45) is 0 Å². The van der Waals surface area contributed by atoms with Crippen molar-refractivity contribution in [3.63, 3.8) is 0 Å². The Balaban J connectivity index is 2.36. The van der Waals surface area contributed by atoms with Gasteiger partial charge in [-0.1, -0.05) is 13.0 Å². The highest BCUT2D eigenvalue weighted by Gasteiger charge is 2.04. The van der Waals surface area contributed by atoms with Crippen LogP contribution in [0.15, 0.2) is 30.5 Å². The molecule has 0 saturated carbocycles. The zero-order chi connectivity index (χ0) is 13.1. The molecule has 0 aromatic carbocycles. The maximum absolute atomic E-state index is 4.68. The Kier molecular flexibility index (Phi) is 3.60. The summed E-state index contributed by atoms with van der Waals surface area (Å²) in [4.78, 5) is 11.1. The third kappa shape index (κ3) is 2.50. The Morgan fingerprint density at radius 1 is 1.11 bits per heavy atom. The Labute approximate surface area is 109 Å². The van der Waals surface area contributed by atoms with Gasteiger partial charge in [0.25, 0.3) is 0 Å². The van der Waals surface area contributed by atoms with Crippen molar-refractivity contribution in [1.82, 2.24) is 9.97 Å². The van der Waals surface area contributed by atoms with Gasteiger partial charge in [0, 0.05) is 31.5 Å². The van der Waals surface area contributed by atoms with Crippen LogP contribution in [-0.2, 0) is 6.42 Å². The molecule has 2 aromatic heterocycles. The molecular weight excluding hydrogens is 222 g/mol. The number of hydrogen-bond donors (Lipinski definition) is 0. The summed E-state index contributed by atoms with van der Waals surface area (Å²) in [5.41, 5.74) is 4.47. The van der Waals surface area contributed by atoms with Gasteiger partial charge in [-0.25, -0.2) is 4.98 Å². The number of hydrogen-bond acceptors (Lipinski definition) is 3. The van der Waals surface area contributed by atoms with E-state index in [1.54, 1.807) is 0 Å². The second-order valence-electron chi connectivity index (χ2n) is 4.61. The predicted molar refractivity (Wildman–Crippen MR) is 75.9 cm³/mol. The standard InChI is InChI=1S/C15H19N3/c1-5-13-11(2)6-8-14(17-13)12-7-9-15(16-10-12)18(3)4/h6-10H,5H2,1-4H3. The molecule has 0 saturated heterocycles. The topological polar surface area (TPSA) is 29.0 Å². The molecule has 0 aliphatic rings. The second-order valence-corrected chi connectivity index (χ2v) is 4.61. The highest BCUT2D eigenvalue weighted by atomic mass is 15.1. The average molecular weight is 241 g/mol. The molecule has 0 aliphatic carbocycles. The minimum atomic E-state index is 0.960. The highest BCUT2D eigenvalue weighted by molar-refractivity contribution is 5.60. The van der Waals surface area contributed by atoms with Crippen molar-refractivity contribution in [2.75, 3.05) is 19.0 Å². The van der Waals surface area contributed by atoms with Gasteiger partial charge in [-0.15, -0.1) is 0 Å². The molecule has 3 heteroatoms. The van der Waals surface area contributed by atoms with E-state index >= 15 is 0 Å². The summed E-state index contributed by atoms with van der Waals surface area (Å²) in [6, 6.07) is 8.27. The SMILES string of the molecule is CCc1nc(-c2ccc(N(C)C)nc2)ccc1C. The van der Waals surface area contributed by atoms with E-state index in [9.17, 15) is 0 Å². The van der Waals surface area contributed by atoms with Gasteiger partial charge >= 0.3 is 0 Å². The number of pyridine rings is 2. The molecule has 0 bridgehead atoms. The van der Waals surface area contributed by atoms with Crippen LogP contribution in [0.4, 0.5) is 5.82 Å². The molecule has 3 nitrogen and oxygen atoms in total. The van der Waals surface area contributed by atoms with Crippen LogP contribution in [-0.4, -0.2) is 24.1 Å². The number of anilines is 1. The Bertz CT molecular complexity index is 530. The van der Waals surface area contributed by atoms with Crippen molar-refractivity contribution < 1.29 is 0 Å². The van der Waals surface area contributed by atoms with Gasteiger partial charge in [-0.3, -0.25) is 4.98 Å². The van der Waals surface area contributed by atoms with Crippen molar-refractivity contribution in [2.45, 2.75) is 20.3 Å². The van der Waals surface area contributed by atoms with E-state index in [0.717, 1.165) is 29.2 Å². The molecule has 0 aliphatic heterocycles. The van der Waals surface area contributed by atoms with Gasteiger partial charge in [0.2, 0.25) is 0 Å². The van der Waals surface area contributed by atoms with Crippen molar-refractivity contribution in [3.05, 3.63) is 41.7 Å². The first kappa shape index (κ1) is 12.6. The smallest absolute Gasteiger partial charge is 0.127 e. The maximum atomic E-state index is 4.68. The van der Waals surface area contributed by atoms with Crippen LogP contribution in [0.2, 0.25) is 0 Å². The third-order valence-corrected chi connectivity index (χ3v) is 3.04. The minimum absolute atomic E-state index is 0.960. The van der Waals surface area contributed by atoms with Crippen LogP contribution < -0.4 is 4.90 Å². The molecule has 0 unspecified atom stereocenters. The first-order valence-corrected chi connectivity index (χ1v) is 6.22. The van der Waals surface area contributed by atoms with Gasteiger partial charge in [0.1, 0.15) is 5.82 Å². The summed E-state index contributed by atoms with van der Waals surface area (Å²) in [6.45, 7) is 4.23. The van der Waals surface area contributed by atoms with E-state index in [2.05, 4.69) is 42.0 Å². The van der Waals surface area contributed by atoms with Gasteiger partial charge in [-0.2, -0.15) is 0 Å². The van der Waals surface area contributed by atoms with E-state index in [-0.39, 0.29) is 0 Å². The second kappa shape index (κ2) is 5.17. The third-order valence-electron chi connectivity index (χ3n) is 3.04. The summed E-state index contributed by atoms with van der Waals surface area (Å²) in [5.74, 6) is 0.960. The lowest BCUT2D eigenvalue weighted by Crippen LogP contribution is -2.10. The summed E-state index contributed by atoms with van der Waals surface area (Å²) in [5, 5.41) is 0. The molecule has 2 aromatic rings. The number of rotatable bonds is 3. The zero-order valence-corrected chi connectivity index (χ0v) is 11.4. The molecule has 0 radical (unpaired) electrons. The Hall–Kier alpha value is -1.90. The van der Waals surface area contributed by atoms with Gasteiger partial charge < -0.3 is 4.90 Å². The number of nitrogens with zero attached hydrogens (tertiary/aromatic N) is 3. The highest BCUT2D eigenvalue weighted by Crippen LogP contribution is 2.20. The van der Waals surface area contributed by atoms with Crippen LogP contribution in [0, 0.1) is 6.92 Å². The Morgan fingerprint density at radius 3 is 2.44 bits per heavy atom. The average Bonchev–Trinajstić information content (AvgIpc) is 2.39. The van der Waals surface area contributed by atoms with Crippen LogP contribution in [0.3, 0.4) is 0 Å². The molecule has 2 heterocycles. The molecule has 94 valence electrons. The number of aromatic nitrogens is 2. The monoisotopic (exact) mass is 241 g/mol. The van der Waals surface area contributed by atoms with E-state index in [1.807, 2.05) is 31.3 Å². The summed E-state index contributed by atoms with van der Waals surface area (Å²) in [7, 11) is 3.97. The fraction of sp³-hybridized carbons (Fsp3) is 0.333. The van der Waals surface area contributed by atoms with Crippen LogP contribution in [0.25, 0.3) is 11.3 Å². The lowest BCUT2D eigenvalue weighted by atomic mass is 10.1. The van der Waals surface area contributed by atoms with E-state index in [1.165, 1.54) is 5.56 Å². The first-order chi connectivity index (χ1) is 8.61. The minimum Gasteiger partial charge on any atom is -0.363 e. The molecule has 0 fully saturated rings. The van der Waals surface area contributed by atoms with Crippen molar-refractivity contribution in [3.8, 4) is 11.3 Å². The van der Waals surface area contributed by atoms with Crippen molar-refractivity contribution in [1.29, 1.82) is 0 Å². The summed E-state index contributed by atoms with van der Waals surface area (Å²) < 4.78 is 0. The Morgan fingerprint density at radius 2 is 1.89 bits per heavy atom. The maximum Gasteiger partial charge on any atom is 0.127 e. The predicted octanol–water partition coefficient (Wildman–Crippen LogP) is 3.08. The summed E-state index contributed by atoms with van der Waals surface area (Å²) >= 11 is 0. The van der Waals surface area contributed by atoms with Gasteiger partial charge in [0.05, 0.1) is 5.69 Å². The molecular formula is C15H19N3. The normalized spacial score (nSPS) is 10.4. The fourth-order valence-corrected chi connectivity index (χ4v) is 1.89. The lowest BCUT2D eigenvalue weighted by molar-refractivity contribution is 1.01. The fourth-order valence-electron chi connectivity index (χ4n) is 1.89. The molecule has 0 atom stereocenters. The van der Waals surface area contributed by atoms with Crippen LogP contribution in [0.5, 0.6) is 0 Å². The number of aryl methyl sites for hydroxylation is 2. The first-order valence-electron chi connectivity index (χ1n) is 6.22. The quantitative estimate of drug-likeness (QED) is 0.827. The van der Waals surface area contributed by atoms with E-state index < -0.39 is 0 Å². The van der Waals surface area contributed by atoms with Crippen molar-refractivity contribution >= 4 is 5.82 Å². The molecule has 0 spiro atoms. The molecule has 0 N–H and O–H groups in total. The van der Waals surface area contributed by atoms with E-state index in [0.29, 0.717) is 0 Å². The lowest BCUT2D eigenvalue weighted by Gasteiger charge is -2.11. The molecule has 0 amide bonds. The molecule has 18 heavy (non-hydrogen) atoms. The summed E-state index contributed by atoms with van der Waals surface area (Å²) in [6.07, 6.45) is 2.84. The van der Waals surface area contributed by atoms with Crippen LogP contribution >= 0.6 is 0 Å². The largest absolute Gasteiger partial charge is 0.363 e. The molecule has 2 rings (SSSR count). The van der Waals surface area contributed by atoms with Gasteiger partial charge in [-0.05, 0) is 37.1 Å².